The molecule has 0 aliphatic carbocycles. The summed E-state index contributed by atoms with van der Waals surface area (Å²) in [5, 5.41) is 11.6. The molecule has 2 unspecified atom stereocenters. The molecule has 0 bridgehead atoms. The third-order valence-corrected chi connectivity index (χ3v) is 5.83. The summed E-state index contributed by atoms with van der Waals surface area (Å²) < 4.78 is 0. The van der Waals surface area contributed by atoms with E-state index in [-0.39, 0.29) is 0 Å². The SMILES string of the molecule is CC1CCCC(C)N1CCCC(O)(c1ccccc1)c1ccccc1. The molecular weight excluding hydrogens is 306 g/mol. The Morgan fingerprint density at radius 3 is 1.84 bits per heavy atom. The van der Waals surface area contributed by atoms with Gasteiger partial charge in [0.05, 0.1) is 0 Å². The van der Waals surface area contributed by atoms with Crippen LogP contribution < -0.4 is 0 Å². The fraction of sp³-hybridized carbons (Fsp3) is 0.478. The summed E-state index contributed by atoms with van der Waals surface area (Å²) in [6.45, 7) is 5.75. The van der Waals surface area contributed by atoms with Crippen molar-refractivity contribution in [3.8, 4) is 0 Å². The van der Waals surface area contributed by atoms with E-state index in [2.05, 4.69) is 18.7 Å². The van der Waals surface area contributed by atoms with Crippen molar-refractivity contribution in [1.82, 2.24) is 4.90 Å². The van der Waals surface area contributed by atoms with Crippen molar-refractivity contribution in [2.75, 3.05) is 6.54 Å². The van der Waals surface area contributed by atoms with Crippen LogP contribution >= 0.6 is 0 Å². The van der Waals surface area contributed by atoms with Crippen LogP contribution in [0.4, 0.5) is 0 Å². The van der Waals surface area contributed by atoms with E-state index in [0.717, 1.165) is 30.5 Å². The molecule has 1 aliphatic heterocycles. The van der Waals surface area contributed by atoms with Crippen molar-refractivity contribution in [1.29, 1.82) is 0 Å². The number of hydrogen-bond acceptors (Lipinski definition) is 2. The molecule has 1 saturated heterocycles. The van der Waals surface area contributed by atoms with Crippen molar-refractivity contribution < 1.29 is 5.11 Å². The highest BCUT2D eigenvalue weighted by Gasteiger charge is 2.32. The lowest BCUT2D eigenvalue weighted by Crippen LogP contribution is -2.44. The summed E-state index contributed by atoms with van der Waals surface area (Å²) in [7, 11) is 0. The maximum atomic E-state index is 11.6. The number of likely N-dealkylation sites (tertiary alicyclic amines) is 1. The van der Waals surface area contributed by atoms with Gasteiger partial charge in [0.25, 0.3) is 0 Å². The van der Waals surface area contributed by atoms with Gasteiger partial charge in [-0.2, -0.15) is 0 Å². The third kappa shape index (κ3) is 4.13. The lowest BCUT2D eigenvalue weighted by Gasteiger charge is -2.40. The van der Waals surface area contributed by atoms with E-state index < -0.39 is 5.60 Å². The van der Waals surface area contributed by atoms with Gasteiger partial charge in [-0.3, -0.25) is 4.90 Å². The Morgan fingerprint density at radius 2 is 1.36 bits per heavy atom. The second-order valence-corrected chi connectivity index (χ2v) is 7.56. The maximum Gasteiger partial charge on any atom is 0.115 e. The van der Waals surface area contributed by atoms with Gasteiger partial charge in [0.15, 0.2) is 0 Å². The van der Waals surface area contributed by atoms with Crippen LogP contribution in [0.5, 0.6) is 0 Å². The van der Waals surface area contributed by atoms with Gasteiger partial charge >= 0.3 is 0 Å². The molecule has 2 nitrogen and oxygen atoms in total. The van der Waals surface area contributed by atoms with Gasteiger partial charge in [-0.1, -0.05) is 67.1 Å². The van der Waals surface area contributed by atoms with Crippen LogP contribution in [0.2, 0.25) is 0 Å². The fourth-order valence-corrected chi connectivity index (χ4v) is 4.32. The molecule has 2 aromatic carbocycles. The number of rotatable bonds is 6. The molecule has 2 heteroatoms. The van der Waals surface area contributed by atoms with E-state index in [0.29, 0.717) is 12.1 Å². The Hall–Kier alpha value is -1.64. The summed E-state index contributed by atoms with van der Waals surface area (Å²) >= 11 is 0. The Bertz CT molecular complexity index is 590. The summed E-state index contributed by atoms with van der Waals surface area (Å²) in [5.41, 5.74) is 1.06. The smallest absolute Gasteiger partial charge is 0.115 e. The van der Waals surface area contributed by atoms with Crippen molar-refractivity contribution in [2.24, 2.45) is 0 Å². The molecule has 134 valence electrons. The first-order chi connectivity index (χ1) is 12.1. The quantitative estimate of drug-likeness (QED) is 0.805. The van der Waals surface area contributed by atoms with Crippen LogP contribution in [0.3, 0.4) is 0 Å². The van der Waals surface area contributed by atoms with Crippen LogP contribution in [-0.4, -0.2) is 28.6 Å². The molecule has 0 radical (unpaired) electrons. The normalized spacial score (nSPS) is 22.0. The predicted molar refractivity (Wildman–Crippen MR) is 105 cm³/mol. The zero-order chi connectivity index (χ0) is 17.7. The molecule has 0 spiro atoms. The lowest BCUT2D eigenvalue weighted by atomic mass is 9.82. The first-order valence-electron chi connectivity index (χ1n) is 9.70. The topological polar surface area (TPSA) is 23.5 Å². The number of hydrogen-bond donors (Lipinski definition) is 1. The third-order valence-electron chi connectivity index (χ3n) is 5.83. The van der Waals surface area contributed by atoms with Crippen LogP contribution in [0.15, 0.2) is 60.7 Å². The molecule has 0 aromatic heterocycles. The molecule has 1 N–H and O–H groups in total. The van der Waals surface area contributed by atoms with Gasteiger partial charge < -0.3 is 5.11 Å². The Morgan fingerprint density at radius 1 is 0.880 bits per heavy atom. The van der Waals surface area contributed by atoms with Gasteiger partial charge in [-0.15, -0.1) is 0 Å². The van der Waals surface area contributed by atoms with E-state index in [1.54, 1.807) is 0 Å². The molecular formula is C23H31NO. The number of benzene rings is 2. The van der Waals surface area contributed by atoms with Crippen molar-refractivity contribution >= 4 is 0 Å². The van der Waals surface area contributed by atoms with Gasteiger partial charge in [-0.05, 0) is 57.2 Å². The summed E-state index contributed by atoms with van der Waals surface area (Å²) in [6, 6.07) is 21.5. The maximum absolute atomic E-state index is 11.6. The van der Waals surface area contributed by atoms with Crippen LogP contribution in [0.1, 0.15) is 57.1 Å². The highest BCUT2D eigenvalue weighted by Crippen LogP contribution is 2.34. The van der Waals surface area contributed by atoms with Crippen molar-refractivity contribution in [2.45, 2.75) is 63.6 Å². The Labute approximate surface area is 152 Å². The van der Waals surface area contributed by atoms with Crippen LogP contribution in [0, 0.1) is 0 Å². The molecule has 2 aromatic rings. The van der Waals surface area contributed by atoms with Crippen LogP contribution in [-0.2, 0) is 5.60 Å². The largest absolute Gasteiger partial charge is 0.380 e. The molecule has 0 amide bonds. The summed E-state index contributed by atoms with van der Waals surface area (Å²) in [6.07, 6.45) is 5.68. The van der Waals surface area contributed by atoms with E-state index in [1.165, 1.54) is 19.3 Å². The number of aliphatic hydroxyl groups is 1. The first-order valence-corrected chi connectivity index (χ1v) is 9.70. The van der Waals surface area contributed by atoms with Gasteiger partial charge in [0.1, 0.15) is 5.60 Å². The molecule has 3 rings (SSSR count). The van der Waals surface area contributed by atoms with E-state index in [4.69, 9.17) is 0 Å². The minimum absolute atomic E-state index is 0.658. The molecule has 0 saturated carbocycles. The van der Waals surface area contributed by atoms with E-state index in [1.807, 2.05) is 60.7 Å². The van der Waals surface area contributed by atoms with E-state index >= 15 is 0 Å². The summed E-state index contributed by atoms with van der Waals surface area (Å²) in [4.78, 5) is 2.62. The van der Waals surface area contributed by atoms with Gasteiger partial charge in [0.2, 0.25) is 0 Å². The van der Waals surface area contributed by atoms with Crippen LogP contribution in [0.25, 0.3) is 0 Å². The standard InChI is InChI=1S/C23H31NO/c1-19-11-9-12-20(2)24(19)18-10-17-23(25,21-13-5-3-6-14-21)22-15-7-4-8-16-22/h3-8,13-16,19-20,25H,9-12,17-18H2,1-2H3. The minimum Gasteiger partial charge on any atom is -0.380 e. The molecule has 1 fully saturated rings. The second kappa shape index (κ2) is 8.16. The second-order valence-electron chi connectivity index (χ2n) is 7.56. The minimum atomic E-state index is -0.912. The molecule has 1 aliphatic rings. The van der Waals surface area contributed by atoms with E-state index in [9.17, 15) is 5.11 Å². The number of piperidine rings is 1. The predicted octanol–water partition coefficient (Wildman–Crippen LogP) is 4.97. The molecule has 1 heterocycles. The monoisotopic (exact) mass is 337 g/mol. The first kappa shape index (κ1) is 18.2. The fourth-order valence-electron chi connectivity index (χ4n) is 4.32. The Balaban J connectivity index is 1.75. The summed E-state index contributed by atoms with van der Waals surface area (Å²) in [5.74, 6) is 0. The van der Waals surface area contributed by atoms with Gasteiger partial charge in [-0.25, -0.2) is 0 Å². The Kier molecular flexibility index (Phi) is 5.93. The zero-order valence-electron chi connectivity index (χ0n) is 15.6. The highest BCUT2D eigenvalue weighted by molar-refractivity contribution is 5.35. The zero-order valence-corrected chi connectivity index (χ0v) is 15.6. The average molecular weight is 338 g/mol. The average Bonchev–Trinajstić information content (AvgIpc) is 2.65. The highest BCUT2D eigenvalue weighted by atomic mass is 16.3. The number of nitrogens with zero attached hydrogens (tertiary/aromatic N) is 1. The van der Waals surface area contributed by atoms with Gasteiger partial charge in [0, 0.05) is 12.1 Å². The molecule has 2 atom stereocenters. The lowest BCUT2D eigenvalue weighted by molar-refractivity contribution is 0.0522. The molecule has 25 heavy (non-hydrogen) atoms. The van der Waals surface area contributed by atoms with Crippen molar-refractivity contribution in [3.63, 3.8) is 0 Å². The van der Waals surface area contributed by atoms with Crippen molar-refractivity contribution in [3.05, 3.63) is 71.8 Å².